The minimum absolute atomic E-state index is 0.0928. The molecule has 148 valence electrons. The van der Waals surface area contributed by atoms with Crippen molar-refractivity contribution in [2.75, 3.05) is 5.32 Å². The van der Waals surface area contributed by atoms with Gasteiger partial charge in [0.25, 0.3) is 5.56 Å². The van der Waals surface area contributed by atoms with Crippen molar-refractivity contribution in [1.29, 1.82) is 5.26 Å². The molecule has 1 amide bonds. The van der Waals surface area contributed by atoms with E-state index in [1.54, 1.807) is 25.6 Å². The van der Waals surface area contributed by atoms with E-state index < -0.39 is 5.56 Å². The molecule has 0 aliphatic rings. The van der Waals surface area contributed by atoms with Gasteiger partial charge in [0, 0.05) is 17.9 Å². The van der Waals surface area contributed by atoms with E-state index in [-0.39, 0.29) is 17.9 Å². The summed E-state index contributed by atoms with van der Waals surface area (Å²) in [5.74, 6) is 0.597. The highest BCUT2D eigenvalue weighted by Gasteiger charge is 2.14. The Morgan fingerprint density at radius 1 is 1.28 bits per heavy atom. The van der Waals surface area contributed by atoms with Crippen molar-refractivity contribution in [2.45, 2.75) is 36.8 Å². The van der Waals surface area contributed by atoms with Crippen LogP contribution in [0.15, 0.2) is 39.5 Å². The number of thioether (sulfide) groups is 1. The number of hydrogen-bond acceptors (Lipinski definition) is 7. The zero-order valence-corrected chi connectivity index (χ0v) is 17.6. The number of rotatable bonds is 7. The van der Waals surface area contributed by atoms with Crippen molar-refractivity contribution >= 4 is 34.1 Å². The van der Waals surface area contributed by atoms with Gasteiger partial charge in [-0.15, -0.1) is 10.2 Å². The molecule has 3 rings (SSSR count). The molecule has 0 bridgehead atoms. The number of carbonyl (C=O) groups excluding carboxylic acids is 1. The number of amides is 1. The average molecular weight is 426 g/mol. The van der Waals surface area contributed by atoms with Crippen LogP contribution in [-0.4, -0.2) is 21.1 Å². The van der Waals surface area contributed by atoms with Gasteiger partial charge in [0.2, 0.25) is 11.0 Å². The first-order chi connectivity index (χ1) is 14.0. The number of aromatic nitrogens is 3. The number of aryl methyl sites for hydroxylation is 1. The minimum Gasteiger partial charge on any atom is -0.325 e. The van der Waals surface area contributed by atoms with Gasteiger partial charge in [0.1, 0.15) is 11.6 Å². The quantitative estimate of drug-likeness (QED) is 0.442. The third kappa shape index (κ3) is 5.31. The van der Waals surface area contributed by atoms with Gasteiger partial charge in [-0.25, -0.2) is 0 Å². The fourth-order valence-electron chi connectivity index (χ4n) is 2.88. The first kappa shape index (κ1) is 20.8. The van der Waals surface area contributed by atoms with Crippen LogP contribution >= 0.6 is 23.1 Å². The van der Waals surface area contributed by atoms with Gasteiger partial charge in [-0.3, -0.25) is 9.59 Å². The molecule has 2 N–H and O–H groups in total. The molecule has 0 unspecified atom stereocenters. The first-order valence-electron chi connectivity index (χ1n) is 8.90. The van der Waals surface area contributed by atoms with Crippen LogP contribution in [0.3, 0.4) is 0 Å². The van der Waals surface area contributed by atoms with Crippen LogP contribution < -0.4 is 10.9 Å². The van der Waals surface area contributed by atoms with Crippen molar-refractivity contribution in [3.05, 3.63) is 68.6 Å². The maximum absolute atomic E-state index is 12.3. The molecule has 3 aromatic rings. The molecule has 9 heteroatoms. The van der Waals surface area contributed by atoms with Crippen LogP contribution in [0, 0.1) is 25.2 Å². The van der Waals surface area contributed by atoms with Crippen LogP contribution in [0.2, 0.25) is 0 Å². The molecule has 0 atom stereocenters. The monoisotopic (exact) mass is 425 g/mol. The number of carbonyl (C=O) groups is 1. The number of H-pyrrole nitrogens is 1. The summed E-state index contributed by atoms with van der Waals surface area (Å²) in [5.41, 5.74) is 3.00. The lowest BCUT2D eigenvalue weighted by molar-refractivity contribution is -0.116. The standard InChI is InChI=1S/C20H19N5O2S2/c1-12-15(13(2)22-18(27)16(12)10-21)8-9-17(26)23-19-24-25-20(29-19)28-11-14-6-4-3-5-7-14/h3-7H,8-9,11H2,1-2H3,(H,22,27)(H,23,24,26). The summed E-state index contributed by atoms with van der Waals surface area (Å²) in [6, 6.07) is 12.0. The molecule has 7 nitrogen and oxygen atoms in total. The Morgan fingerprint density at radius 3 is 2.76 bits per heavy atom. The molecule has 2 heterocycles. The Morgan fingerprint density at radius 2 is 2.03 bits per heavy atom. The summed E-state index contributed by atoms with van der Waals surface area (Å²) in [6.07, 6.45) is 0.633. The van der Waals surface area contributed by atoms with Crippen LogP contribution in [-0.2, 0) is 17.0 Å². The highest BCUT2D eigenvalue weighted by atomic mass is 32.2. The molecule has 0 aliphatic carbocycles. The second kappa shape index (κ2) is 9.49. The number of benzene rings is 1. The molecule has 0 saturated heterocycles. The molecule has 0 spiro atoms. The zero-order valence-electron chi connectivity index (χ0n) is 16.0. The predicted molar refractivity (Wildman–Crippen MR) is 114 cm³/mol. The molecule has 0 aliphatic heterocycles. The van der Waals surface area contributed by atoms with Gasteiger partial charge in [-0.1, -0.05) is 53.4 Å². The van der Waals surface area contributed by atoms with Crippen molar-refractivity contribution in [3.8, 4) is 6.07 Å². The molecule has 2 aromatic heterocycles. The highest BCUT2D eigenvalue weighted by molar-refractivity contribution is 8.00. The van der Waals surface area contributed by atoms with Gasteiger partial charge in [-0.05, 0) is 37.0 Å². The lowest BCUT2D eigenvalue weighted by Crippen LogP contribution is -2.18. The summed E-state index contributed by atoms with van der Waals surface area (Å²) >= 11 is 2.90. The number of nitriles is 1. The van der Waals surface area contributed by atoms with E-state index in [0.717, 1.165) is 15.7 Å². The summed E-state index contributed by atoms with van der Waals surface area (Å²) in [5, 5.41) is 20.5. The average Bonchev–Trinajstić information content (AvgIpc) is 3.14. The minimum atomic E-state index is -0.398. The van der Waals surface area contributed by atoms with Gasteiger partial charge in [0.05, 0.1) is 0 Å². The molecule has 29 heavy (non-hydrogen) atoms. The van der Waals surface area contributed by atoms with E-state index in [9.17, 15) is 9.59 Å². The number of aromatic amines is 1. The number of hydrogen-bond donors (Lipinski definition) is 2. The third-order valence-corrected chi connectivity index (χ3v) is 6.42. The van der Waals surface area contributed by atoms with Crippen LogP contribution in [0.5, 0.6) is 0 Å². The van der Waals surface area contributed by atoms with E-state index in [1.165, 1.54) is 16.9 Å². The highest BCUT2D eigenvalue weighted by Crippen LogP contribution is 2.28. The van der Waals surface area contributed by atoms with E-state index in [0.29, 0.717) is 22.8 Å². The Labute approximate surface area is 176 Å². The SMILES string of the molecule is Cc1[nH]c(=O)c(C#N)c(C)c1CCC(=O)Nc1nnc(SCc2ccccc2)s1. The van der Waals surface area contributed by atoms with Gasteiger partial charge >= 0.3 is 0 Å². The molecule has 0 saturated carbocycles. The van der Waals surface area contributed by atoms with E-state index in [2.05, 4.69) is 32.6 Å². The fraction of sp³-hybridized carbons (Fsp3) is 0.250. The first-order valence-corrected chi connectivity index (χ1v) is 10.7. The number of nitrogens with zero attached hydrogens (tertiary/aromatic N) is 3. The second-order valence-electron chi connectivity index (χ2n) is 6.37. The third-order valence-electron chi connectivity index (χ3n) is 4.38. The van der Waals surface area contributed by atoms with Crippen LogP contribution in [0.4, 0.5) is 5.13 Å². The Bertz CT molecular complexity index is 1120. The lowest BCUT2D eigenvalue weighted by Gasteiger charge is -2.10. The van der Waals surface area contributed by atoms with Gasteiger partial charge < -0.3 is 10.3 Å². The maximum Gasteiger partial charge on any atom is 0.266 e. The van der Waals surface area contributed by atoms with Crippen molar-refractivity contribution in [2.24, 2.45) is 0 Å². The second-order valence-corrected chi connectivity index (χ2v) is 8.57. The van der Waals surface area contributed by atoms with Crippen LogP contribution in [0.25, 0.3) is 0 Å². The largest absolute Gasteiger partial charge is 0.325 e. The van der Waals surface area contributed by atoms with E-state index in [4.69, 9.17) is 5.26 Å². The number of nitrogens with one attached hydrogen (secondary N) is 2. The molecular weight excluding hydrogens is 406 g/mol. The van der Waals surface area contributed by atoms with Crippen molar-refractivity contribution in [1.82, 2.24) is 15.2 Å². The normalized spacial score (nSPS) is 10.5. The Hall–Kier alpha value is -2.96. The summed E-state index contributed by atoms with van der Waals surface area (Å²) in [4.78, 5) is 26.8. The molecule has 1 aromatic carbocycles. The summed E-state index contributed by atoms with van der Waals surface area (Å²) < 4.78 is 0.787. The van der Waals surface area contributed by atoms with E-state index >= 15 is 0 Å². The van der Waals surface area contributed by atoms with Crippen molar-refractivity contribution in [3.63, 3.8) is 0 Å². The molecular formula is C20H19N5O2S2. The zero-order chi connectivity index (χ0) is 20.8. The fourth-order valence-corrected chi connectivity index (χ4v) is 4.60. The number of pyridine rings is 1. The Balaban J connectivity index is 1.56. The predicted octanol–water partition coefficient (Wildman–Crippen LogP) is 3.58. The Kier molecular flexibility index (Phi) is 6.80. The topological polar surface area (TPSA) is 112 Å². The van der Waals surface area contributed by atoms with Gasteiger partial charge in [-0.2, -0.15) is 5.26 Å². The van der Waals surface area contributed by atoms with E-state index in [1.807, 2.05) is 24.3 Å². The maximum atomic E-state index is 12.3. The van der Waals surface area contributed by atoms with Gasteiger partial charge in [0.15, 0.2) is 4.34 Å². The lowest BCUT2D eigenvalue weighted by atomic mass is 9.99. The van der Waals surface area contributed by atoms with Crippen molar-refractivity contribution < 1.29 is 4.79 Å². The molecule has 0 radical (unpaired) electrons. The number of anilines is 1. The smallest absolute Gasteiger partial charge is 0.266 e. The molecule has 0 fully saturated rings. The van der Waals surface area contributed by atoms with Crippen LogP contribution in [0.1, 0.15) is 34.4 Å². The summed E-state index contributed by atoms with van der Waals surface area (Å²) in [6.45, 7) is 3.50. The summed E-state index contributed by atoms with van der Waals surface area (Å²) in [7, 11) is 0.